The number of hydrogen-bond acceptors (Lipinski definition) is 4. The summed E-state index contributed by atoms with van der Waals surface area (Å²) in [4.78, 5) is 42.0. The first kappa shape index (κ1) is 23.0. The van der Waals surface area contributed by atoms with Crippen molar-refractivity contribution in [1.29, 1.82) is 5.26 Å². The number of hydrogen-bond donors (Lipinski definition) is 1. The van der Waals surface area contributed by atoms with Gasteiger partial charge in [0.15, 0.2) is 0 Å². The van der Waals surface area contributed by atoms with Gasteiger partial charge in [-0.05, 0) is 60.9 Å². The summed E-state index contributed by atoms with van der Waals surface area (Å²) in [5, 5.41) is 13.8. The van der Waals surface area contributed by atoms with Crippen LogP contribution < -0.4 is 5.32 Å². The molecule has 7 heteroatoms. The number of fused-ring (bicyclic) bond motifs is 1. The summed E-state index contributed by atoms with van der Waals surface area (Å²) in [6.45, 7) is 5.46. The molecule has 0 aromatic heterocycles. The molecule has 34 heavy (non-hydrogen) atoms. The molecule has 172 valence electrons. The first-order chi connectivity index (χ1) is 16.3. The summed E-state index contributed by atoms with van der Waals surface area (Å²) in [6, 6.07) is 21.7. The Hall–Kier alpha value is -4.18. The average Bonchev–Trinajstić information content (AvgIpc) is 3.07. The Kier molecular flexibility index (Phi) is 6.08. The number of amides is 4. The van der Waals surface area contributed by atoms with Crippen molar-refractivity contribution in [2.75, 3.05) is 13.1 Å². The van der Waals surface area contributed by atoms with Gasteiger partial charge in [-0.2, -0.15) is 5.26 Å². The number of nitriles is 1. The van der Waals surface area contributed by atoms with Gasteiger partial charge < -0.3 is 10.2 Å². The van der Waals surface area contributed by atoms with Gasteiger partial charge in [0.1, 0.15) is 12.1 Å². The minimum absolute atomic E-state index is 0.280. The smallest absolute Gasteiger partial charge is 0.325 e. The first-order valence-corrected chi connectivity index (χ1v) is 11.2. The first-order valence-electron chi connectivity index (χ1n) is 11.2. The molecule has 3 aromatic rings. The van der Waals surface area contributed by atoms with Gasteiger partial charge in [-0.15, -0.1) is 0 Å². The van der Waals surface area contributed by atoms with E-state index in [-0.39, 0.29) is 18.5 Å². The number of imide groups is 1. The molecule has 2 unspecified atom stereocenters. The Labute approximate surface area is 198 Å². The fourth-order valence-electron chi connectivity index (χ4n) is 4.44. The maximum atomic E-state index is 13.4. The van der Waals surface area contributed by atoms with E-state index in [0.29, 0.717) is 17.7 Å². The highest BCUT2D eigenvalue weighted by Crippen LogP contribution is 2.31. The van der Waals surface area contributed by atoms with Crippen LogP contribution in [-0.4, -0.2) is 40.7 Å². The predicted molar refractivity (Wildman–Crippen MR) is 129 cm³/mol. The van der Waals surface area contributed by atoms with E-state index in [0.717, 1.165) is 21.2 Å². The van der Waals surface area contributed by atoms with Gasteiger partial charge in [-0.25, -0.2) is 4.79 Å². The second-order valence-corrected chi connectivity index (χ2v) is 8.60. The van der Waals surface area contributed by atoms with Crippen LogP contribution in [0.2, 0.25) is 0 Å². The van der Waals surface area contributed by atoms with E-state index >= 15 is 0 Å². The monoisotopic (exact) mass is 454 g/mol. The fourth-order valence-corrected chi connectivity index (χ4v) is 4.44. The molecule has 0 bridgehead atoms. The Morgan fingerprint density at radius 2 is 1.76 bits per heavy atom. The van der Waals surface area contributed by atoms with E-state index in [2.05, 4.69) is 11.4 Å². The van der Waals surface area contributed by atoms with Gasteiger partial charge in [0.05, 0.1) is 17.7 Å². The summed E-state index contributed by atoms with van der Waals surface area (Å²) in [5.74, 6) is -0.783. The third-order valence-electron chi connectivity index (χ3n) is 6.55. The number of carbonyl (C=O) groups is 3. The number of nitrogens with one attached hydrogen (secondary N) is 1. The molecule has 4 amide bonds. The van der Waals surface area contributed by atoms with Gasteiger partial charge in [-0.3, -0.25) is 14.5 Å². The van der Waals surface area contributed by atoms with Crippen LogP contribution in [-0.2, 0) is 15.1 Å². The molecule has 1 fully saturated rings. The third-order valence-corrected chi connectivity index (χ3v) is 6.55. The molecule has 0 radical (unpaired) electrons. The van der Waals surface area contributed by atoms with Crippen LogP contribution in [0.3, 0.4) is 0 Å². The van der Waals surface area contributed by atoms with E-state index in [9.17, 15) is 14.4 Å². The standard InChI is InChI=1S/C27H26N4O3/c1-4-30(18(2)20-11-9-19(16-28)10-12-20)24(32)17-31-25(33)27(3,29-26(31)34)23-14-13-21-7-5-6-8-22(21)15-23/h5-15,18H,4,17H2,1-3H3,(H,29,34). The molecule has 0 spiro atoms. The molecule has 2 atom stereocenters. The Morgan fingerprint density at radius 3 is 2.41 bits per heavy atom. The van der Waals surface area contributed by atoms with Crippen LogP contribution in [0.1, 0.15) is 43.5 Å². The van der Waals surface area contributed by atoms with Gasteiger partial charge in [0.2, 0.25) is 5.91 Å². The maximum Gasteiger partial charge on any atom is 0.325 e. The summed E-state index contributed by atoms with van der Waals surface area (Å²) in [7, 11) is 0. The minimum Gasteiger partial charge on any atom is -0.335 e. The quantitative estimate of drug-likeness (QED) is 0.568. The van der Waals surface area contributed by atoms with Crippen molar-refractivity contribution in [3.63, 3.8) is 0 Å². The highest BCUT2D eigenvalue weighted by Gasteiger charge is 2.49. The zero-order valence-corrected chi connectivity index (χ0v) is 19.4. The van der Waals surface area contributed by atoms with Crippen LogP contribution >= 0.6 is 0 Å². The van der Waals surface area contributed by atoms with Gasteiger partial charge >= 0.3 is 6.03 Å². The lowest BCUT2D eigenvalue weighted by atomic mass is 9.90. The van der Waals surface area contributed by atoms with E-state index in [1.54, 1.807) is 24.0 Å². The minimum atomic E-state index is -1.25. The SMILES string of the molecule is CCN(C(=O)CN1C(=O)NC(C)(c2ccc3ccccc3c2)C1=O)C(C)c1ccc(C#N)cc1. The van der Waals surface area contributed by atoms with Crippen molar-refractivity contribution < 1.29 is 14.4 Å². The highest BCUT2D eigenvalue weighted by atomic mass is 16.2. The number of nitrogens with zero attached hydrogens (tertiary/aromatic N) is 3. The second-order valence-electron chi connectivity index (χ2n) is 8.60. The lowest BCUT2D eigenvalue weighted by Crippen LogP contribution is -2.45. The lowest BCUT2D eigenvalue weighted by molar-refractivity contribution is -0.140. The summed E-state index contributed by atoms with van der Waals surface area (Å²) in [6.07, 6.45) is 0. The number of likely N-dealkylation sites (N-methyl/N-ethyl adjacent to an activating group) is 1. The van der Waals surface area contributed by atoms with Gasteiger partial charge in [-0.1, -0.05) is 48.5 Å². The molecule has 1 aliphatic heterocycles. The Balaban J connectivity index is 1.54. The molecule has 7 nitrogen and oxygen atoms in total. The third kappa shape index (κ3) is 3.99. The second kappa shape index (κ2) is 8.99. The van der Waals surface area contributed by atoms with Crippen LogP contribution in [0.5, 0.6) is 0 Å². The van der Waals surface area contributed by atoms with Crippen molar-refractivity contribution in [3.8, 4) is 6.07 Å². The highest BCUT2D eigenvalue weighted by molar-refractivity contribution is 6.09. The number of carbonyl (C=O) groups excluding carboxylic acids is 3. The zero-order valence-electron chi connectivity index (χ0n) is 19.4. The van der Waals surface area contributed by atoms with Crippen LogP contribution in [0.15, 0.2) is 66.7 Å². The zero-order chi connectivity index (χ0) is 24.5. The molecule has 1 aliphatic rings. The molecule has 1 heterocycles. The van der Waals surface area contributed by atoms with E-state index in [1.807, 2.05) is 68.4 Å². The van der Waals surface area contributed by atoms with Gasteiger partial charge in [0, 0.05) is 6.54 Å². The van der Waals surface area contributed by atoms with Crippen LogP contribution in [0, 0.1) is 11.3 Å². The summed E-state index contributed by atoms with van der Waals surface area (Å²) >= 11 is 0. The van der Waals surface area contributed by atoms with Crippen LogP contribution in [0.4, 0.5) is 4.79 Å². The number of benzene rings is 3. The van der Waals surface area contributed by atoms with Crippen molar-refractivity contribution in [3.05, 3.63) is 83.4 Å². The van der Waals surface area contributed by atoms with Crippen molar-refractivity contribution in [1.82, 2.24) is 15.1 Å². The maximum absolute atomic E-state index is 13.4. The lowest BCUT2D eigenvalue weighted by Gasteiger charge is -2.30. The molecule has 1 N–H and O–H groups in total. The normalized spacial score (nSPS) is 18.5. The average molecular weight is 455 g/mol. The van der Waals surface area contributed by atoms with E-state index < -0.39 is 17.5 Å². The van der Waals surface area contributed by atoms with E-state index in [1.165, 1.54) is 0 Å². The van der Waals surface area contributed by atoms with Gasteiger partial charge in [0.25, 0.3) is 5.91 Å². The van der Waals surface area contributed by atoms with Crippen molar-refractivity contribution >= 4 is 28.6 Å². The fraction of sp³-hybridized carbons (Fsp3) is 0.259. The number of urea groups is 1. The van der Waals surface area contributed by atoms with Crippen LogP contribution in [0.25, 0.3) is 10.8 Å². The van der Waals surface area contributed by atoms with Crippen molar-refractivity contribution in [2.24, 2.45) is 0 Å². The molecule has 3 aromatic carbocycles. The summed E-state index contributed by atoms with van der Waals surface area (Å²) < 4.78 is 0. The topological polar surface area (TPSA) is 93.5 Å². The molecule has 4 rings (SSSR count). The molecule has 0 saturated carbocycles. The molecular formula is C27H26N4O3. The molecular weight excluding hydrogens is 428 g/mol. The predicted octanol–water partition coefficient (Wildman–Crippen LogP) is 4.09. The Bertz CT molecular complexity index is 1310. The Morgan fingerprint density at radius 1 is 1.09 bits per heavy atom. The molecule has 0 aliphatic carbocycles. The van der Waals surface area contributed by atoms with Crippen molar-refractivity contribution in [2.45, 2.75) is 32.4 Å². The number of rotatable bonds is 6. The molecule has 1 saturated heterocycles. The summed E-state index contributed by atoms with van der Waals surface area (Å²) in [5.41, 5.74) is 0.819. The largest absolute Gasteiger partial charge is 0.335 e. The van der Waals surface area contributed by atoms with E-state index in [4.69, 9.17) is 5.26 Å².